The molecule has 0 unspecified atom stereocenters. The minimum absolute atomic E-state index is 0.175. The van der Waals surface area contributed by atoms with Crippen LogP contribution in [0.3, 0.4) is 0 Å². The molecule has 0 radical (unpaired) electrons. The highest BCUT2D eigenvalue weighted by Crippen LogP contribution is 2.34. The maximum Gasteiger partial charge on any atom is 0.257 e. The fraction of sp³-hybridized carbons (Fsp3) is 0.235. The lowest BCUT2D eigenvalue weighted by atomic mass is 10.1. The van der Waals surface area contributed by atoms with Crippen LogP contribution in [0.2, 0.25) is 0 Å². The fourth-order valence-corrected chi connectivity index (χ4v) is 2.36. The number of rotatable bonds is 4. The number of benzene rings is 1. The molecule has 1 aromatic heterocycles. The number of hydrogen-bond donors (Lipinski definition) is 2. The van der Waals surface area contributed by atoms with Crippen molar-refractivity contribution in [3.05, 3.63) is 47.8 Å². The third kappa shape index (κ3) is 3.01. The first kappa shape index (κ1) is 14.5. The van der Waals surface area contributed by atoms with Crippen LogP contribution in [0.5, 0.6) is 11.5 Å². The third-order valence-corrected chi connectivity index (χ3v) is 3.81. The van der Waals surface area contributed by atoms with Gasteiger partial charge in [-0.15, -0.1) is 0 Å². The summed E-state index contributed by atoms with van der Waals surface area (Å²) in [7, 11) is 0. The zero-order valence-electron chi connectivity index (χ0n) is 12.7. The van der Waals surface area contributed by atoms with Crippen molar-refractivity contribution >= 4 is 17.5 Å². The average molecular weight is 325 g/mol. The Morgan fingerprint density at radius 1 is 1.00 bits per heavy atom. The molecule has 2 amide bonds. The van der Waals surface area contributed by atoms with Gasteiger partial charge in [-0.2, -0.15) is 0 Å². The highest BCUT2D eigenvalue weighted by molar-refractivity contribution is 6.06. The van der Waals surface area contributed by atoms with Crippen LogP contribution in [-0.2, 0) is 0 Å². The Bertz CT molecular complexity index is 817. The first-order valence-corrected chi connectivity index (χ1v) is 7.66. The number of pyridine rings is 1. The summed E-state index contributed by atoms with van der Waals surface area (Å²) in [5.74, 6) is 0.682. The Labute approximate surface area is 138 Å². The van der Waals surface area contributed by atoms with Gasteiger partial charge in [0.2, 0.25) is 6.79 Å². The molecule has 7 heteroatoms. The number of nitrogens with one attached hydrogen (secondary N) is 2. The number of carbonyl (C=O) groups excluding carboxylic acids is 2. The molecule has 0 saturated heterocycles. The maximum absolute atomic E-state index is 12.4. The summed E-state index contributed by atoms with van der Waals surface area (Å²) >= 11 is 0. The van der Waals surface area contributed by atoms with E-state index in [4.69, 9.17) is 9.47 Å². The Morgan fingerprint density at radius 2 is 1.75 bits per heavy atom. The van der Waals surface area contributed by atoms with Crippen LogP contribution in [0.4, 0.5) is 5.69 Å². The van der Waals surface area contributed by atoms with Crippen LogP contribution >= 0.6 is 0 Å². The zero-order valence-corrected chi connectivity index (χ0v) is 12.7. The lowest BCUT2D eigenvalue weighted by Crippen LogP contribution is -2.26. The van der Waals surface area contributed by atoms with Crippen LogP contribution < -0.4 is 20.1 Å². The molecule has 7 nitrogen and oxygen atoms in total. The summed E-state index contributed by atoms with van der Waals surface area (Å²) in [4.78, 5) is 28.4. The summed E-state index contributed by atoms with van der Waals surface area (Å²) < 4.78 is 10.5. The van der Waals surface area contributed by atoms with Crippen molar-refractivity contribution in [1.29, 1.82) is 0 Å². The minimum Gasteiger partial charge on any atom is -0.454 e. The molecule has 1 aliphatic carbocycles. The van der Waals surface area contributed by atoms with Gasteiger partial charge in [-0.25, -0.2) is 0 Å². The number of anilines is 1. The van der Waals surface area contributed by atoms with E-state index in [9.17, 15) is 9.59 Å². The molecule has 122 valence electrons. The lowest BCUT2D eigenvalue weighted by molar-refractivity contribution is 0.0950. The molecule has 0 spiro atoms. The highest BCUT2D eigenvalue weighted by atomic mass is 16.7. The SMILES string of the molecule is O=C(Nc1ccc2c(c1)OCO2)c1cncc(C(=O)NC2CC2)c1. The van der Waals surface area contributed by atoms with Crippen molar-refractivity contribution in [3.63, 3.8) is 0 Å². The van der Waals surface area contributed by atoms with E-state index < -0.39 is 0 Å². The molecule has 1 aliphatic heterocycles. The highest BCUT2D eigenvalue weighted by Gasteiger charge is 2.24. The van der Waals surface area contributed by atoms with Crippen LogP contribution in [0.1, 0.15) is 33.6 Å². The summed E-state index contributed by atoms with van der Waals surface area (Å²) in [5.41, 5.74) is 1.27. The lowest BCUT2D eigenvalue weighted by Gasteiger charge is -2.07. The summed E-state index contributed by atoms with van der Waals surface area (Å²) in [6, 6.07) is 6.94. The van der Waals surface area contributed by atoms with Crippen molar-refractivity contribution in [2.24, 2.45) is 0 Å². The molecule has 2 N–H and O–H groups in total. The van der Waals surface area contributed by atoms with Gasteiger partial charge in [0, 0.05) is 30.2 Å². The molecular formula is C17H15N3O4. The molecular weight excluding hydrogens is 310 g/mol. The zero-order chi connectivity index (χ0) is 16.5. The Balaban J connectivity index is 1.48. The monoisotopic (exact) mass is 325 g/mol. The molecule has 0 atom stereocenters. The first-order valence-electron chi connectivity index (χ1n) is 7.66. The van der Waals surface area contributed by atoms with Gasteiger partial charge in [0.1, 0.15) is 0 Å². The molecule has 2 aromatic rings. The van der Waals surface area contributed by atoms with E-state index in [2.05, 4.69) is 15.6 Å². The topological polar surface area (TPSA) is 89.6 Å². The number of amides is 2. The van der Waals surface area contributed by atoms with Crippen LogP contribution in [0.15, 0.2) is 36.7 Å². The number of ether oxygens (including phenoxy) is 2. The molecule has 1 aromatic carbocycles. The van der Waals surface area contributed by atoms with Gasteiger partial charge in [0.25, 0.3) is 11.8 Å². The van der Waals surface area contributed by atoms with Gasteiger partial charge >= 0.3 is 0 Å². The average Bonchev–Trinajstić information content (AvgIpc) is 3.29. The number of nitrogens with zero attached hydrogens (tertiary/aromatic N) is 1. The van der Waals surface area contributed by atoms with Crippen molar-refractivity contribution < 1.29 is 19.1 Å². The Hall–Kier alpha value is -3.09. The van der Waals surface area contributed by atoms with E-state index in [0.29, 0.717) is 28.3 Å². The Kier molecular flexibility index (Phi) is 3.53. The molecule has 2 aliphatic rings. The predicted molar refractivity (Wildman–Crippen MR) is 85.2 cm³/mol. The van der Waals surface area contributed by atoms with E-state index in [0.717, 1.165) is 12.8 Å². The predicted octanol–water partition coefficient (Wildman–Crippen LogP) is 1.95. The molecule has 1 saturated carbocycles. The van der Waals surface area contributed by atoms with E-state index in [1.807, 2.05) is 0 Å². The normalized spacial score (nSPS) is 15.0. The second-order valence-electron chi connectivity index (χ2n) is 5.73. The van der Waals surface area contributed by atoms with Crippen molar-refractivity contribution in [2.45, 2.75) is 18.9 Å². The van der Waals surface area contributed by atoms with E-state index in [-0.39, 0.29) is 24.6 Å². The molecule has 0 bridgehead atoms. The molecule has 2 heterocycles. The number of carbonyl (C=O) groups is 2. The van der Waals surface area contributed by atoms with Gasteiger partial charge in [-0.1, -0.05) is 0 Å². The summed E-state index contributed by atoms with van der Waals surface area (Å²) in [6.07, 6.45) is 4.89. The summed E-state index contributed by atoms with van der Waals surface area (Å²) in [5, 5.41) is 5.63. The second kappa shape index (κ2) is 5.84. The first-order chi connectivity index (χ1) is 11.7. The van der Waals surface area contributed by atoms with Crippen LogP contribution in [0.25, 0.3) is 0 Å². The van der Waals surface area contributed by atoms with Crippen LogP contribution in [-0.4, -0.2) is 29.6 Å². The number of aromatic nitrogens is 1. The van der Waals surface area contributed by atoms with E-state index in [1.165, 1.54) is 18.5 Å². The van der Waals surface area contributed by atoms with Gasteiger partial charge in [-0.3, -0.25) is 14.6 Å². The minimum atomic E-state index is -0.345. The van der Waals surface area contributed by atoms with E-state index in [1.54, 1.807) is 18.2 Å². The van der Waals surface area contributed by atoms with Crippen molar-refractivity contribution in [1.82, 2.24) is 10.3 Å². The quantitative estimate of drug-likeness (QED) is 0.897. The second-order valence-corrected chi connectivity index (χ2v) is 5.73. The molecule has 4 rings (SSSR count). The van der Waals surface area contributed by atoms with Gasteiger partial charge in [0.15, 0.2) is 11.5 Å². The standard InChI is InChI=1S/C17H15N3O4/c21-16(19-12-1-2-12)10-5-11(8-18-7-10)17(22)20-13-3-4-14-15(6-13)24-9-23-14/h3-8,12H,1-2,9H2,(H,19,21)(H,20,22). The Morgan fingerprint density at radius 3 is 2.54 bits per heavy atom. The van der Waals surface area contributed by atoms with E-state index >= 15 is 0 Å². The van der Waals surface area contributed by atoms with Crippen molar-refractivity contribution in [2.75, 3.05) is 12.1 Å². The van der Waals surface area contributed by atoms with Gasteiger partial charge in [-0.05, 0) is 31.0 Å². The largest absolute Gasteiger partial charge is 0.454 e. The van der Waals surface area contributed by atoms with Crippen molar-refractivity contribution in [3.8, 4) is 11.5 Å². The summed E-state index contributed by atoms with van der Waals surface area (Å²) in [6.45, 7) is 0.175. The fourth-order valence-electron chi connectivity index (χ4n) is 2.36. The molecule has 1 fully saturated rings. The smallest absolute Gasteiger partial charge is 0.257 e. The van der Waals surface area contributed by atoms with Gasteiger partial charge in [0.05, 0.1) is 11.1 Å². The number of fused-ring (bicyclic) bond motifs is 1. The third-order valence-electron chi connectivity index (χ3n) is 3.81. The van der Waals surface area contributed by atoms with Gasteiger partial charge < -0.3 is 20.1 Å². The maximum atomic E-state index is 12.4. The number of hydrogen-bond acceptors (Lipinski definition) is 5. The molecule has 24 heavy (non-hydrogen) atoms. The van der Waals surface area contributed by atoms with Crippen LogP contribution in [0, 0.1) is 0 Å².